The number of aromatic nitrogens is 6. The minimum Gasteiger partial charge on any atom is -0.494 e. The van der Waals surface area contributed by atoms with Gasteiger partial charge >= 0.3 is 0 Å². The van der Waals surface area contributed by atoms with Gasteiger partial charge in [0, 0.05) is 11.4 Å². The normalized spacial score (nSPS) is 11.1. The number of hydrogen-bond donors (Lipinski definition) is 1. The first kappa shape index (κ1) is 23.6. The number of benzene rings is 3. The molecule has 5 aromatic rings. The van der Waals surface area contributed by atoms with Gasteiger partial charge in [0.15, 0.2) is 11.0 Å². The molecule has 36 heavy (non-hydrogen) atoms. The summed E-state index contributed by atoms with van der Waals surface area (Å²) in [4.78, 5) is 12.6. The molecule has 1 amide bonds. The van der Waals surface area contributed by atoms with E-state index in [9.17, 15) is 4.79 Å². The quantitative estimate of drug-likeness (QED) is 0.298. The Balaban J connectivity index is 1.41. The fraction of sp³-hybridized carbons (Fsp3) is 0.192. The van der Waals surface area contributed by atoms with Crippen molar-refractivity contribution in [3.8, 4) is 11.4 Å². The lowest BCUT2D eigenvalue weighted by Gasteiger charge is -2.12. The van der Waals surface area contributed by atoms with E-state index in [0.29, 0.717) is 24.1 Å². The van der Waals surface area contributed by atoms with E-state index >= 15 is 0 Å². The predicted molar refractivity (Wildman–Crippen MR) is 140 cm³/mol. The van der Waals surface area contributed by atoms with Gasteiger partial charge in [-0.05, 0) is 62.4 Å². The van der Waals surface area contributed by atoms with Crippen LogP contribution in [0.15, 0.2) is 78.0 Å². The number of carbonyl (C=O) groups is 1. The monoisotopic (exact) mass is 499 g/mol. The second-order valence-corrected chi connectivity index (χ2v) is 9.04. The summed E-state index contributed by atoms with van der Waals surface area (Å²) in [6.45, 7) is 4.92. The Morgan fingerprint density at radius 3 is 2.53 bits per heavy atom. The second kappa shape index (κ2) is 10.6. The molecule has 2 aromatic heterocycles. The summed E-state index contributed by atoms with van der Waals surface area (Å²) in [7, 11) is 0. The van der Waals surface area contributed by atoms with Crippen LogP contribution >= 0.6 is 11.8 Å². The van der Waals surface area contributed by atoms with E-state index in [0.717, 1.165) is 33.7 Å². The first-order valence-electron chi connectivity index (χ1n) is 11.6. The number of carbonyl (C=O) groups excluding carboxylic acids is 1. The van der Waals surface area contributed by atoms with Crippen molar-refractivity contribution in [2.45, 2.75) is 25.5 Å². The summed E-state index contributed by atoms with van der Waals surface area (Å²) in [5.41, 5.74) is 4.48. The number of para-hydroxylation sites is 1. The van der Waals surface area contributed by atoms with Crippen LogP contribution in [0.5, 0.6) is 5.75 Å². The molecule has 0 saturated carbocycles. The fourth-order valence-corrected chi connectivity index (χ4v) is 4.52. The molecule has 5 rings (SSSR count). The number of fused-ring (bicyclic) bond motifs is 1. The van der Waals surface area contributed by atoms with Gasteiger partial charge in [-0.15, -0.1) is 15.3 Å². The molecule has 0 atom stereocenters. The maximum atomic E-state index is 12.6. The van der Waals surface area contributed by atoms with Crippen molar-refractivity contribution in [2.24, 2.45) is 0 Å². The van der Waals surface area contributed by atoms with Crippen LogP contribution < -0.4 is 10.1 Å². The van der Waals surface area contributed by atoms with Crippen molar-refractivity contribution in [3.05, 3.63) is 84.2 Å². The highest BCUT2D eigenvalue weighted by Crippen LogP contribution is 2.25. The molecule has 0 bridgehead atoms. The number of rotatable bonds is 9. The zero-order chi connectivity index (χ0) is 24.9. The number of thioether (sulfide) groups is 1. The molecule has 0 aliphatic carbocycles. The summed E-state index contributed by atoms with van der Waals surface area (Å²) in [5.74, 6) is 1.53. The summed E-state index contributed by atoms with van der Waals surface area (Å²) in [6, 6.07) is 23.2. The van der Waals surface area contributed by atoms with Crippen molar-refractivity contribution in [1.82, 2.24) is 29.8 Å². The fourth-order valence-electron chi connectivity index (χ4n) is 3.75. The lowest BCUT2D eigenvalue weighted by atomic mass is 10.2. The molecule has 2 heterocycles. The zero-order valence-electron chi connectivity index (χ0n) is 20.0. The van der Waals surface area contributed by atoms with Crippen molar-refractivity contribution in [2.75, 3.05) is 17.7 Å². The van der Waals surface area contributed by atoms with E-state index in [1.807, 2.05) is 91.2 Å². The van der Waals surface area contributed by atoms with Gasteiger partial charge in [-0.25, -0.2) is 4.68 Å². The third-order valence-corrected chi connectivity index (χ3v) is 6.41. The molecule has 0 spiro atoms. The molecule has 0 radical (unpaired) electrons. The number of anilines is 1. The maximum absolute atomic E-state index is 12.6. The highest BCUT2D eigenvalue weighted by Gasteiger charge is 2.18. The molecule has 0 fully saturated rings. The smallest absolute Gasteiger partial charge is 0.234 e. The van der Waals surface area contributed by atoms with Crippen molar-refractivity contribution in [3.63, 3.8) is 0 Å². The summed E-state index contributed by atoms with van der Waals surface area (Å²) < 4.78 is 9.33. The van der Waals surface area contributed by atoms with E-state index in [-0.39, 0.29) is 11.7 Å². The largest absolute Gasteiger partial charge is 0.494 e. The van der Waals surface area contributed by atoms with Crippen molar-refractivity contribution >= 4 is 34.4 Å². The number of aryl methyl sites for hydroxylation is 1. The molecule has 1 N–H and O–H groups in total. The standard InChI is InChI=1S/C26H25N7O2S/c1-3-35-21-14-12-20(13-15-21)33-24(16-32-23-7-5-4-6-22(23)28-31-32)29-30-26(33)36-17-25(34)27-19-10-8-18(2)9-11-19/h4-15H,3,16-17H2,1-2H3,(H,27,34). The molecule has 10 heteroatoms. The van der Waals surface area contributed by atoms with Crippen molar-refractivity contribution < 1.29 is 9.53 Å². The highest BCUT2D eigenvalue weighted by molar-refractivity contribution is 7.99. The van der Waals surface area contributed by atoms with E-state index < -0.39 is 0 Å². The Morgan fingerprint density at radius 2 is 1.75 bits per heavy atom. The lowest BCUT2D eigenvalue weighted by Crippen LogP contribution is -2.15. The topological polar surface area (TPSA) is 99.8 Å². The summed E-state index contributed by atoms with van der Waals surface area (Å²) >= 11 is 1.32. The van der Waals surface area contributed by atoms with Crippen LogP contribution in [0.25, 0.3) is 16.7 Å². The van der Waals surface area contributed by atoms with Gasteiger partial charge in [0.2, 0.25) is 5.91 Å². The van der Waals surface area contributed by atoms with Crippen LogP contribution in [0.3, 0.4) is 0 Å². The first-order valence-corrected chi connectivity index (χ1v) is 12.5. The average Bonchev–Trinajstić information content (AvgIpc) is 3.49. The molecule has 0 unspecified atom stereocenters. The Morgan fingerprint density at radius 1 is 0.972 bits per heavy atom. The highest BCUT2D eigenvalue weighted by atomic mass is 32.2. The van der Waals surface area contributed by atoms with Crippen LogP contribution in [0.1, 0.15) is 18.3 Å². The maximum Gasteiger partial charge on any atom is 0.234 e. The Kier molecular flexibility index (Phi) is 6.94. The molecule has 0 aliphatic rings. The number of nitrogens with zero attached hydrogens (tertiary/aromatic N) is 6. The number of nitrogens with one attached hydrogen (secondary N) is 1. The van der Waals surface area contributed by atoms with Gasteiger partial charge in [0.1, 0.15) is 17.8 Å². The predicted octanol–water partition coefficient (Wildman–Crippen LogP) is 4.50. The first-order chi connectivity index (χ1) is 17.6. The Bertz CT molecular complexity index is 1480. The third kappa shape index (κ3) is 5.23. The SMILES string of the molecule is CCOc1ccc(-n2c(Cn3nnc4ccccc43)nnc2SCC(=O)Nc2ccc(C)cc2)cc1. The molecule has 0 aliphatic heterocycles. The van der Waals surface area contributed by atoms with Crippen LogP contribution in [0.2, 0.25) is 0 Å². The molecular formula is C26H25N7O2S. The van der Waals surface area contributed by atoms with Crippen LogP contribution in [0.4, 0.5) is 5.69 Å². The van der Waals surface area contributed by atoms with Gasteiger partial charge in [-0.1, -0.05) is 46.8 Å². The lowest BCUT2D eigenvalue weighted by molar-refractivity contribution is -0.113. The second-order valence-electron chi connectivity index (χ2n) is 8.10. The van der Waals surface area contributed by atoms with Gasteiger partial charge < -0.3 is 10.1 Å². The Labute approximate surface area is 212 Å². The average molecular weight is 500 g/mol. The zero-order valence-corrected chi connectivity index (χ0v) is 20.8. The minimum atomic E-state index is -0.117. The van der Waals surface area contributed by atoms with Crippen molar-refractivity contribution in [1.29, 1.82) is 0 Å². The van der Waals surface area contributed by atoms with Gasteiger partial charge in [-0.3, -0.25) is 9.36 Å². The van der Waals surface area contributed by atoms with E-state index in [2.05, 4.69) is 25.8 Å². The van der Waals surface area contributed by atoms with E-state index in [1.165, 1.54) is 11.8 Å². The van der Waals surface area contributed by atoms with E-state index in [1.54, 1.807) is 4.68 Å². The number of amides is 1. The molecule has 182 valence electrons. The van der Waals surface area contributed by atoms with E-state index in [4.69, 9.17) is 4.74 Å². The van der Waals surface area contributed by atoms with Gasteiger partial charge in [-0.2, -0.15) is 0 Å². The van der Waals surface area contributed by atoms with Gasteiger partial charge in [0.25, 0.3) is 0 Å². The summed E-state index contributed by atoms with van der Waals surface area (Å²) in [5, 5.41) is 20.9. The molecule has 0 saturated heterocycles. The molecule has 3 aromatic carbocycles. The molecular weight excluding hydrogens is 474 g/mol. The summed E-state index contributed by atoms with van der Waals surface area (Å²) in [6.07, 6.45) is 0. The molecule has 9 nitrogen and oxygen atoms in total. The van der Waals surface area contributed by atoms with Crippen LogP contribution in [-0.2, 0) is 11.3 Å². The number of ether oxygens (including phenoxy) is 1. The van der Waals surface area contributed by atoms with Gasteiger partial charge in [0.05, 0.1) is 17.9 Å². The Hall–Kier alpha value is -4.18. The van der Waals surface area contributed by atoms with Crippen LogP contribution in [0, 0.1) is 6.92 Å². The van der Waals surface area contributed by atoms with Crippen LogP contribution in [-0.4, -0.2) is 48.0 Å². The number of hydrogen-bond acceptors (Lipinski definition) is 7. The third-order valence-electron chi connectivity index (χ3n) is 5.49. The minimum absolute atomic E-state index is 0.117.